The topological polar surface area (TPSA) is 84.0 Å². The number of ether oxygens (including phenoxy) is 1. The molecule has 3 aromatic heterocycles. The molecule has 0 atom stereocenters. The van der Waals surface area contributed by atoms with E-state index in [4.69, 9.17) is 7.48 Å². The van der Waals surface area contributed by atoms with E-state index in [1.54, 1.807) is 66.7 Å². The summed E-state index contributed by atoms with van der Waals surface area (Å²) in [6.45, 7) is 0.0631. The summed E-state index contributed by atoms with van der Waals surface area (Å²) in [7, 11) is 1.60. The van der Waals surface area contributed by atoms with Crippen molar-refractivity contribution in [3.8, 4) is 5.75 Å². The van der Waals surface area contributed by atoms with Crippen molar-refractivity contribution in [3.05, 3.63) is 84.3 Å². The lowest BCUT2D eigenvalue weighted by Gasteiger charge is -2.11. The van der Waals surface area contributed by atoms with Crippen molar-refractivity contribution in [1.82, 2.24) is 14.5 Å². The predicted molar refractivity (Wildman–Crippen MR) is 128 cm³/mol. The van der Waals surface area contributed by atoms with Crippen molar-refractivity contribution in [1.29, 1.82) is 0 Å². The third-order valence-electron chi connectivity index (χ3n) is 5.33. The zero-order valence-corrected chi connectivity index (χ0v) is 17.6. The number of aromatic amines is 1. The van der Waals surface area contributed by atoms with Crippen LogP contribution in [0.5, 0.6) is 5.75 Å². The van der Waals surface area contributed by atoms with E-state index < -0.39 is 12.5 Å². The van der Waals surface area contributed by atoms with Crippen LogP contribution in [0.1, 0.15) is 13.9 Å². The molecule has 2 aromatic carbocycles. The highest BCUT2D eigenvalue weighted by molar-refractivity contribution is 6.05. The lowest BCUT2D eigenvalue weighted by atomic mass is 10.2. The van der Waals surface area contributed by atoms with Gasteiger partial charge in [0.1, 0.15) is 11.4 Å². The summed E-state index contributed by atoms with van der Waals surface area (Å²) in [6.07, 6.45) is 5.01. The minimum atomic E-state index is -1.84. The van der Waals surface area contributed by atoms with Crippen molar-refractivity contribution >= 4 is 39.3 Å². The van der Waals surface area contributed by atoms with E-state index in [9.17, 15) is 4.79 Å². The first-order valence-corrected chi connectivity index (χ1v) is 10.1. The molecule has 32 heavy (non-hydrogen) atoms. The van der Waals surface area contributed by atoms with Gasteiger partial charge in [0.25, 0.3) is 0 Å². The number of urea groups is 1. The maximum atomic E-state index is 12.7. The molecule has 0 aliphatic rings. The van der Waals surface area contributed by atoms with E-state index >= 15 is 0 Å². The summed E-state index contributed by atoms with van der Waals surface area (Å²) in [5.41, 5.74) is 3.90. The number of nitrogens with one attached hydrogen (secondary N) is 3. The number of H-pyrrole nitrogens is 1. The molecule has 0 fully saturated rings. The van der Waals surface area contributed by atoms with Gasteiger partial charge in [-0.15, -0.1) is 0 Å². The number of aromatic nitrogens is 3. The van der Waals surface area contributed by atoms with Crippen LogP contribution in [0.2, 0.25) is 0 Å². The highest BCUT2D eigenvalue weighted by atomic mass is 16.5. The summed E-state index contributed by atoms with van der Waals surface area (Å²) >= 11 is 0. The number of pyridine rings is 1. The number of methoxy groups -OCH3 is 1. The fourth-order valence-corrected chi connectivity index (χ4v) is 3.79. The number of anilines is 2. The van der Waals surface area contributed by atoms with Gasteiger partial charge in [-0.25, -0.2) is 9.78 Å². The molecule has 7 heteroatoms. The average Bonchev–Trinajstić information content (AvgIpc) is 3.45. The Kier molecular flexibility index (Phi) is 4.42. The number of amides is 2. The second kappa shape index (κ2) is 8.11. The summed E-state index contributed by atoms with van der Waals surface area (Å²) < 4.78 is 24.6. The van der Waals surface area contributed by atoms with Crippen LogP contribution < -0.4 is 15.4 Å². The molecule has 5 aromatic rings. The monoisotopic (exact) mass is 427 g/mol. The van der Waals surface area contributed by atoms with Gasteiger partial charge < -0.3 is 24.9 Å². The molecular formula is C25H23N5O2. The molecule has 3 N–H and O–H groups in total. The molecule has 0 saturated heterocycles. The first kappa shape index (κ1) is 17.4. The minimum Gasteiger partial charge on any atom is -0.496 e. The van der Waals surface area contributed by atoms with Crippen molar-refractivity contribution < 1.29 is 12.3 Å². The summed E-state index contributed by atoms with van der Waals surface area (Å²) in [5, 5.41) is 7.15. The standard InChI is InChI=1S/C25H23N5O2/c1-16-13-18(8-9-23(16)32-2)28-25(31)29-21-6-3-7-22-20(21)10-12-30(22)15-17-14-27-24-19(17)5-4-11-26-24/h3-14H,15H2,1-2H3,(H,26,27)(H2,28,29,31)/i15D2. The van der Waals surface area contributed by atoms with Crippen molar-refractivity contribution in [3.63, 3.8) is 0 Å². The largest absolute Gasteiger partial charge is 0.496 e. The minimum absolute atomic E-state index is 0.393. The number of hydrogen-bond donors (Lipinski definition) is 3. The van der Waals surface area contributed by atoms with Gasteiger partial charge in [-0.1, -0.05) is 6.07 Å². The van der Waals surface area contributed by atoms with Crippen LogP contribution in [-0.4, -0.2) is 27.7 Å². The fraction of sp³-hybridized carbons (Fsp3) is 0.120. The van der Waals surface area contributed by atoms with Crippen LogP contribution in [0.15, 0.2) is 73.2 Å². The van der Waals surface area contributed by atoms with E-state index in [0.29, 0.717) is 28.1 Å². The second-order valence-electron chi connectivity index (χ2n) is 7.40. The van der Waals surface area contributed by atoms with Gasteiger partial charge in [0.15, 0.2) is 0 Å². The number of benzene rings is 2. The maximum absolute atomic E-state index is 12.7. The Morgan fingerprint density at radius 1 is 1.16 bits per heavy atom. The van der Waals surface area contributed by atoms with Crippen molar-refractivity contribution in [2.45, 2.75) is 13.4 Å². The Balaban J connectivity index is 1.44. The molecule has 7 nitrogen and oxygen atoms in total. The van der Waals surface area contributed by atoms with Crippen molar-refractivity contribution in [2.24, 2.45) is 0 Å². The highest BCUT2D eigenvalue weighted by Crippen LogP contribution is 2.27. The Morgan fingerprint density at radius 3 is 2.91 bits per heavy atom. The fourth-order valence-electron chi connectivity index (χ4n) is 3.79. The normalized spacial score (nSPS) is 12.4. The number of rotatable bonds is 5. The van der Waals surface area contributed by atoms with Crippen LogP contribution in [-0.2, 0) is 6.50 Å². The molecule has 2 amide bonds. The van der Waals surface area contributed by atoms with E-state index in [-0.39, 0.29) is 0 Å². The first-order chi connectivity index (χ1) is 16.4. The number of carbonyl (C=O) groups excluding carboxylic acids is 1. The Morgan fingerprint density at radius 2 is 2.06 bits per heavy atom. The van der Waals surface area contributed by atoms with E-state index in [1.165, 1.54) is 0 Å². The van der Waals surface area contributed by atoms with Gasteiger partial charge in [-0.3, -0.25) is 0 Å². The molecule has 0 radical (unpaired) electrons. The van der Waals surface area contributed by atoms with Gasteiger partial charge in [0.2, 0.25) is 0 Å². The third kappa shape index (κ3) is 3.65. The second-order valence-corrected chi connectivity index (χ2v) is 7.40. The van der Waals surface area contributed by atoms with Crippen LogP contribution in [0.3, 0.4) is 0 Å². The van der Waals surface area contributed by atoms with Crippen LogP contribution in [0.4, 0.5) is 16.2 Å². The lowest BCUT2D eigenvalue weighted by Crippen LogP contribution is -2.19. The molecule has 160 valence electrons. The molecule has 3 heterocycles. The van der Waals surface area contributed by atoms with Gasteiger partial charge in [0, 0.05) is 41.5 Å². The molecule has 0 bridgehead atoms. The Hall–Kier alpha value is -4.26. The van der Waals surface area contributed by atoms with Crippen molar-refractivity contribution in [2.75, 3.05) is 17.7 Å². The first-order valence-electron chi connectivity index (χ1n) is 11.1. The van der Waals surface area contributed by atoms with Gasteiger partial charge in [-0.2, -0.15) is 0 Å². The molecule has 0 aliphatic carbocycles. The number of hydrogen-bond acceptors (Lipinski definition) is 3. The van der Waals surface area contributed by atoms with Crippen LogP contribution >= 0.6 is 0 Å². The summed E-state index contributed by atoms with van der Waals surface area (Å²) in [6, 6.07) is 15.8. The summed E-state index contributed by atoms with van der Waals surface area (Å²) in [5.74, 6) is 0.748. The Bertz CT molecular complexity index is 1520. The smallest absolute Gasteiger partial charge is 0.323 e. The lowest BCUT2D eigenvalue weighted by molar-refractivity contribution is 0.262. The van der Waals surface area contributed by atoms with E-state index in [2.05, 4.69) is 20.6 Å². The Labute approximate surface area is 187 Å². The van der Waals surface area contributed by atoms with E-state index in [0.717, 1.165) is 22.1 Å². The molecule has 0 saturated carbocycles. The number of aryl methyl sites for hydroxylation is 1. The highest BCUT2D eigenvalue weighted by Gasteiger charge is 2.11. The quantitative estimate of drug-likeness (QED) is 0.345. The molecule has 0 spiro atoms. The maximum Gasteiger partial charge on any atom is 0.323 e. The number of carbonyl (C=O) groups is 1. The molecule has 0 unspecified atom stereocenters. The number of nitrogens with zero attached hydrogens (tertiary/aromatic N) is 2. The average molecular weight is 428 g/mol. The van der Waals surface area contributed by atoms with Gasteiger partial charge in [-0.05, 0) is 66.6 Å². The zero-order valence-electron chi connectivity index (χ0n) is 19.6. The zero-order chi connectivity index (χ0) is 23.9. The molecule has 0 aliphatic heterocycles. The number of fused-ring (bicyclic) bond motifs is 2. The van der Waals surface area contributed by atoms with Crippen LogP contribution in [0.25, 0.3) is 21.9 Å². The van der Waals surface area contributed by atoms with Gasteiger partial charge >= 0.3 is 6.03 Å². The summed E-state index contributed by atoms with van der Waals surface area (Å²) in [4.78, 5) is 20.0. The van der Waals surface area contributed by atoms with Gasteiger partial charge in [0.05, 0.1) is 21.1 Å². The third-order valence-corrected chi connectivity index (χ3v) is 5.33. The molecule has 5 rings (SSSR count). The predicted octanol–water partition coefficient (Wildman–Crippen LogP) is 5.53. The van der Waals surface area contributed by atoms with Crippen LogP contribution in [0, 0.1) is 6.92 Å². The van der Waals surface area contributed by atoms with E-state index in [1.807, 2.05) is 25.1 Å². The SMILES string of the molecule is [2H]C([2H])(c1c[nH]c2ncccc12)n1ccc2c(NC(=O)Nc3ccc(OC)c(C)c3)cccc21. The molecular weight excluding hydrogens is 402 g/mol.